The molecule has 1 heterocycles. The van der Waals surface area contributed by atoms with E-state index >= 15 is 0 Å². The monoisotopic (exact) mass is 396 g/mol. The molecule has 2 N–H and O–H groups in total. The zero-order valence-corrected chi connectivity index (χ0v) is 15.9. The first kappa shape index (κ1) is 20.3. The molecule has 7 heteroatoms. The summed E-state index contributed by atoms with van der Waals surface area (Å²) in [5.41, 5.74) is 1.62. The van der Waals surface area contributed by atoms with Crippen LogP contribution in [0.3, 0.4) is 0 Å². The number of ether oxygens (including phenoxy) is 1. The summed E-state index contributed by atoms with van der Waals surface area (Å²) in [6, 6.07) is 16.6. The summed E-state index contributed by atoms with van der Waals surface area (Å²) >= 11 is 0. The van der Waals surface area contributed by atoms with Crippen LogP contribution in [0.25, 0.3) is 11.3 Å². The number of anilines is 2. The summed E-state index contributed by atoms with van der Waals surface area (Å²) < 4.78 is 24.2. The molecular weight excluding hydrogens is 375 g/mol. The molecular formula is C22H21FN2O4. The van der Waals surface area contributed by atoms with Crippen LogP contribution in [0, 0.1) is 5.82 Å². The van der Waals surface area contributed by atoms with Crippen LogP contribution in [-0.4, -0.2) is 25.5 Å². The Balaban J connectivity index is 1.50. The second-order valence-electron chi connectivity index (χ2n) is 6.35. The second kappa shape index (κ2) is 9.66. The van der Waals surface area contributed by atoms with Gasteiger partial charge in [0.2, 0.25) is 11.8 Å². The number of carbonyl (C=O) groups is 2. The molecule has 29 heavy (non-hydrogen) atoms. The van der Waals surface area contributed by atoms with Gasteiger partial charge in [-0.1, -0.05) is 12.1 Å². The third-order valence-electron chi connectivity index (χ3n) is 4.13. The van der Waals surface area contributed by atoms with Crippen LogP contribution < -0.4 is 10.6 Å². The van der Waals surface area contributed by atoms with Crippen molar-refractivity contribution in [3.05, 3.63) is 72.2 Å². The van der Waals surface area contributed by atoms with Gasteiger partial charge in [-0.3, -0.25) is 9.59 Å². The fourth-order valence-corrected chi connectivity index (χ4v) is 2.74. The van der Waals surface area contributed by atoms with Crippen LogP contribution >= 0.6 is 0 Å². The van der Waals surface area contributed by atoms with Gasteiger partial charge in [0.25, 0.3) is 0 Å². The average molecular weight is 396 g/mol. The first-order valence-corrected chi connectivity index (χ1v) is 9.07. The minimum Gasteiger partial charge on any atom is -0.461 e. The maximum atomic E-state index is 13.8. The van der Waals surface area contributed by atoms with Gasteiger partial charge in [-0.25, -0.2) is 4.39 Å². The summed E-state index contributed by atoms with van der Waals surface area (Å²) in [6.07, 6.45) is 0.613. The molecule has 0 saturated heterocycles. The Bertz CT molecular complexity index is 982. The van der Waals surface area contributed by atoms with Crippen molar-refractivity contribution >= 4 is 23.2 Å². The van der Waals surface area contributed by atoms with Gasteiger partial charge < -0.3 is 19.8 Å². The highest BCUT2D eigenvalue weighted by Crippen LogP contribution is 2.25. The third kappa shape index (κ3) is 5.76. The van der Waals surface area contributed by atoms with Crippen molar-refractivity contribution < 1.29 is 23.1 Å². The number of benzene rings is 2. The van der Waals surface area contributed by atoms with Crippen molar-refractivity contribution in [2.75, 3.05) is 24.4 Å². The highest BCUT2D eigenvalue weighted by Gasteiger charge is 2.11. The Hall–Kier alpha value is -3.45. The molecule has 0 radical (unpaired) electrons. The topological polar surface area (TPSA) is 80.6 Å². The lowest BCUT2D eigenvalue weighted by Gasteiger charge is -2.07. The van der Waals surface area contributed by atoms with Crippen molar-refractivity contribution in [1.29, 1.82) is 0 Å². The van der Waals surface area contributed by atoms with Crippen molar-refractivity contribution in [3.8, 4) is 11.3 Å². The lowest BCUT2D eigenvalue weighted by atomic mass is 10.1. The Morgan fingerprint density at radius 2 is 1.59 bits per heavy atom. The van der Waals surface area contributed by atoms with Crippen LogP contribution in [0.1, 0.15) is 12.2 Å². The Morgan fingerprint density at radius 1 is 0.931 bits per heavy atom. The van der Waals surface area contributed by atoms with E-state index < -0.39 is 0 Å². The molecule has 2 aromatic carbocycles. The molecule has 150 valence electrons. The number of furan rings is 1. The lowest BCUT2D eigenvalue weighted by Crippen LogP contribution is -2.17. The molecule has 0 aliphatic heterocycles. The molecule has 0 unspecified atom stereocenters. The van der Waals surface area contributed by atoms with Crippen LogP contribution in [0.5, 0.6) is 0 Å². The molecule has 0 bridgehead atoms. The number of rotatable bonds is 8. The number of methoxy groups -OCH3 is 1. The van der Waals surface area contributed by atoms with Crippen molar-refractivity contribution in [2.45, 2.75) is 12.8 Å². The molecule has 0 aliphatic carbocycles. The fourth-order valence-electron chi connectivity index (χ4n) is 2.74. The quantitative estimate of drug-likeness (QED) is 0.597. The minimum atomic E-state index is -0.354. The van der Waals surface area contributed by atoms with Crippen LogP contribution in [0.15, 0.2) is 65.1 Å². The van der Waals surface area contributed by atoms with Gasteiger partial charge in [-0.15, -0.1) is 0 Å². The summed E-state index contributed by atoms with van der Waals surface area (Å²) in [5.74, 6) is 0.259. The first-order valence-electron chi connectivity index (χ1n) is 9.07. The molecule has 2 amide bonds. The second-order valence-corrected chi connectivity index (χ2v) is 6.35. The van der Waals surface area contributed by atoms with E-state index in [-0.39, 0.29) is 30.7 Å². The zero-order valence-electron chi connectivity index (χ0n) is 15.9. The molecule has 0 fully saturated rings. The van der Waals surface area contributed by atoms with Crippen LogP contribution in [-0.2, 0) is 20.7 Å². The van der Waals surface area contributed by atoms with Gasteiger partial charge in [0.1, 0.15) is 23.9 Å². The summed E-state index contributed by atoms with van der Waals surface area (Å²) in [4.78, 5) is 23.6. The van der Waals surface area contributed by atoms with Gasteiger partial charge >= 0.3 is 0 Å². The number of aryl methyl sites for hydroxylation is 1. The normalized spacial score (nSPS) is 10.6. The number of nitrogens with one attached hydrogen (secondary N) is 2. The molecule has 0 atom stereocenters. The first-order chi connectivity index (χ1) is 14.0. The molecule has 3 rings (SSSR count). The van der Waals surface area contributed by atoms with Gasteiger partial charge in [-0.2, -0.15) is 0 Å². The van der Waals surface area contributed by atoms with Gasteiger partial charge in [0.15, 0.2) is 0 Å². The van der Waals surface area contributed by atoms with E-state index in [0.29, 0.717) is 34.9 Å². The molecule has 6 nitrogen and oxygen atoms in total. The Morgan fingerprint density at radius 3 is 2.24 bits per heavy atom. The zero-order chi connectivity index (χ0) is 20.6. The van der Waals surface area contributed by atoms with E-state index in [9.17, 15) is 14.0 Å². The lowest BCUT2D eigenvalue weighted by molar-refractivity contribution is -0.119. The highest BCUT2D eigenvalue weighted by molar-refractivity contribution is 5.93. The Kier molecular flexibility index (Phi) is 6.76. The largest absolute Gasteiger partial charge is 0.461 e. The third-order valence-corrected chi connectivity index (χ3v) is 4.13. The SMILES string of the molecule is COCC(=O)Nc1ccc(NC(=O)CCc2ccc(-c3ccccc3F)o2)cc1. The van der Waals surface area contributed by atoms with E-state index in [0.717, 1.165) is 0 Å². The molecule has 0 spiro atoms. The van der Waals surface area contributed by atoms with E-state index in [1.54, 1.807) is 54.6 Å². The van der Waals surface area contributed by atoms with Gasteiger partial charge in [-0.05, 0) is 48.5 Å². The van der Waals surface area contributed by atoms with E-state index in [2.05, 4.69) is 10.6 Å². The predicted molar refractivity (Wildman–Crippen MR) is 108 cm³/mol. The number of amides is 2. The van der Waals surface area contributed by atoms with E-state index in [1.807, 2.05) is 0 Å². The summed E-state index contributed by atoms with van der Waals surface area (Å²) in [6.45, 7) is -0.0239. The summed E-state index contributed by atoms with van der Waals surface area (Å²) in [5, 5.41) is 5.46. The van der Waals surface area contributed by atoms with Crippen molar-refractivity contribution in [1.82, 2.24) is 0 Å². The van der Waals surface area contributed by atoms with Crippen molar-refractivity contribution in [2.24, 2.45) is 0 Å². The van der Waals surface area contributed by atoms with E-state index in [1.165, 1.54) is 13.2 Å². The number of halogens is 1. The van der Waals surface area contributed by atoms with Crippen LogP contribution in [0.4, 0.5) is 15.8 Å². The molecule has 0 saturated carbocycles. The number of hydrogen-bond donors (Lipinski definition) is 2. The fraction of sp³-hybridized carbons (Fsp3) is 0.182. The molecule has 0 aliphatic rings. The maximum absolute atomic E-state index is 13.8. The summed E-state index contributed by atoms with van der Waals surface area (Å²) in [7, 11) is 1.45. The maximum Gasteiger partial charge on any atom is 0.250 e. The standard InChI is InChI=1S/C22H21FN2O4/c1-28-14-22(27)25-16-8-6-15(7-9-16)24-21(26)13-11-17-10-12-20(29-17)18-4-2-3-5-19(18)23/h2-10,12H,11,13-14H2,1H3,(H,24,26)(H,25,27). The number of carbonyl (C=O) groups excluding carboxylic acids is 2. The van der Waals surface area contributed by atoms with Gasteiger partial charge in [0.05, 0.1) is 5.56 Å². The molecule has 1 aromatic heterocycles. The highest BCUT2D eigenvalue weighted by atomic mass is 19.1. The van der Waals surface area contributed by atoms with Gasteiger partial charge in [0, 0.05) is 31.3 Å². The van der Waals surface area contributed by atoms with E-state index in [4.69, 9.17) is 9.15 Å². The molecule has 3 aromatic rings. The van der Waals surface area contributed by atoms with Crippen LogP contribution in [0.2, 0.25) is 0 Å². The number of hydrogen-bond acceptors (Lipinski definition) is 4. The average Bonchev–Trinajstić information content (AvgIpc) is 3.17. The smallest absolute Gasteiger partial charge is 0.250 e. The predicted octanol–water partition coefficient (Wildman–Crippen LogP) is 4.24. The Labute approximate surface area is 167 Å². The van der Waals surface area contributed by atoms with Crippen molar-refractivity contribution in [3.63, 3.8) is 0 Å². The minimum absolute atomic E-state index is 0.0239.